The molecular formula is C14H13N5O2. The predicted molar refractivity (Wildman–Crippen MR) is 76.4 cm³/mol. The zero-order valence-corrected chi connectivity index (χ0v) is 11.3. The molecule has 0 saturated heterocycles. The molecule has 0 spiro atoms. The first-order valence-electron chi connectivity index (χ1n) is 6.36. The van der Waals surface area contributed by atoms with E-state index in [0.29, 0.717) is 23.1 Å². The number of aryl methyl sites for hydroxylation is 1. The van der Waals surface area contributed by atoms with Crippen LogP contribution in [-0.2, 0) is 6.54 Å². The molecule has 3 rings (SSSR count). The van der Waals surface area contributed by atoms with Gasteiger partial charge in [0.25, 0.3) is 5.91 Å². The molecule has 106 valence electrons. The summed E-state index contributed by atoms with van der Waals surface area (Å²) in [4.78, 5) is 20.3. The topological polar surface area (TPSA) is 107 Å². The van der Waals surface area contributed by atoms with Crippen LogP contribution in [0, 0.1) is 6.92 Å². The fourth-order valence-electron chi connectivity index (χ4n) is 2.06. The van der Waals surface area contributed by atoms with Gasteiger partial charge in [-0.15, -0.1) is 0 Å². The molecule has 0 unspecified atom stereocenters. The zero-order chi connectivity index (χ0) is 14.8. The molecule has 2 aromatic heterocycles. The van der Waals surface area contributed by atoms with Crippen LogP contribution in [0.15, 0.2) is 35.0 Å². The number of amides is 1. The standard InChI is InChI=1S/C14H13N5O2/c1-8-18-12(21-19-8)7-17-14(20)11-6-16-13(15)10-5-3-2-4-9(10)11/h2-6H,7H2,1H3,(H2,15,16)(H,17,20). The molecular weight excluding hydrogens is 270 g/mol. The molecule has 0 fully saturated rings. The summed E-state index contributed by atoms with van der Waals surface area (Å²) in [5.74, 6) is 1.01. The van der Waals surface area contributed by atoms with Gasteiger partial charge in [0.15, 0.2) is 5.82 Å². The lowest BCUT2D eigenvalue weighted by Crippen LogP contribution is -2.23. The van der Waals surface area contributed by atoms with E-state index in [1.165, 1.54) is 6.20 Å². The number of carbonyl (C=O) groups is 1. The van der Waals surface area contributed by atoms with E-state index in [9.17, 15) is 4.79 Å². The molecule has 0 aliphatic rings. The van der Waals surface area contributed by atoms with Crippen LogP contribution in [0.3, 0.4) is 0 Å². The van der Waals surface area contributed by atoms with Crippen molar-refractivity contribution in [3.8, 4) is 0 Å². The largest absolute Gasteiger partial charge is 0.383 e. The number of benzene rings is 1. The van der Waals surface area contributed by atoms with Crippen molar-refractivity contribution >= 4 is 22.5 Å². The van der Waals surface area contributed by atoms with Crippen molar-refractivity contribution in [1.29, 1.82) is 0 Å². The summed E-state index contributed by atoms with van der Waals surface area (Å²) in [5, 5.41) is 7.89. The predicted octanol–water partition coefficient (Wildman–Crippen LogP) is 1.44. The minimum Gasteiger partial charge on any atom is -0.383 e. The lowest BCUT2D eigenvalue weighted by Gasteiger charge is -2.07. The number of nitrogens with zero attached hydrogens (tertiary/aromatic N) is 3. The lowest BCUT2D eigenvalue weighted by atomic mass is 10.1. The van der Waals surface area contributed by atoms with E-state index < -0.39 is 0 Å². The number of aromatic nitrogens is 3. The van der Waals surface area contributed by atoms with Crippen LogP contribution in [0.4, 0.5) is 5.82 Å². The summed E-state index contributed by atoms with van der Waals surface area (Å²) in [6, 6.07) is 7.36. The Balaban J connectivity index is 1.86. The van der Waals surface area contributed by atoms with Gasteiger partial charge in [-0.2, -0.15) is 4.98 Å². The maximum atomic E-state index is 12.3. The fraction of sp³-hybridized carbons (Fsp3) is 0.143. The van der Waals surface area contributed by atoms with Gasteiger partial charge in [0.2, 0.25) is 5.89 Å². The Labute approximate surface area is 120 Å². The van der Waals surface area contributed by atoms with E-state index in [2.05, 4.69) is 20.4 Å². The maximum absolute atomic E-state index is 12.3. The summed E-state index contributed by atoms with van der Waals surface area (Å²) >= 11 is 0. The summed E-state index contributed by atoms with van der Waals surface area (Å²) in [6.07, 6.45) is 1.46. The molecule has 2 heterocycles. The van der Waals surface area contributed by atoms with Gasteiger partial charge < -0.3 is 15.6 Å². The van der Waals surface area contributed by atoms with Crippen molar-refractivity contribution < 1.29 is 9.32 Å². The summed E-state index contributed by atoms with van der Waals surface area (Å²) in [6.45, 7) is 1.88. The van der Waals surface area contributed by atoms with Crippen molar-refractivity contribution in [2.45, 2.75) is 13.5 Å². The van der Waals surface area contributed by atoms with Crippen LogP contribution in [-0.4, -0.2) is 21.0 Å². The molecule has 7 nitrogen and oxygen atoms in total. The average molecular weight is 283 g/mol. The van der Waals surface area contributed by atoms with Crippen LogP contribution < -0.4 is 11.1 Å². The first-order valence-corrected chi connectivity index (χ1v) is 6.36. The summed E-state index contributed by atoms with van der Waals surface area (Å²) in [7, 11) is 0. The second-order valence-corrected chi connectivity index (χ2v) is 4.52. The van der Waals surface area contributed by atoms with Crippen LogP contribution in [0.2, 0.25) is 0 Å². The minimum atomic E-state index is -0.269. The Kier molecular flexibility index (Phi) is 3.23. The molecule has 0 atom stereocenters. The number of carbonyl (C=O) groups excluding carboxylic acids is 1. The van der Waals surface area contributed by atoms with Crippen molar-refractivity contribution in [2.75, 3.05) is 5.73 Å². The summed E-state index contributed by atoms with van der Waals surface area (Å²) < 4.78 is 4.95. The summed E-state index contributed by atoms with van der Waals surface area (Å²) in [5.41, 5.74) is 6.27. The Morgan fingerprint density at radius 2 is 2.10 bits per heavy atom. The van der Waals surface area contributed by atoms with Crippen molar-refractivity contribution in [3.05, 3.63) is 47.7 Å². The van der Waals surface area contributed by atoms with Crippen LogP contribution in [0.25, 0.3) is 10.8 Å². The Hall–Kier alpha value is -2.96. The molecule has 3 aromatic rings. The minimum absolute atomic E-state index is 0.165. The van der Waals surface area contributed by atoms with Crippen molar-refractivity contribution in [1.82, 2.24) is 20.4 Å². The number of nitrogens with one attached hydrogen (secondary N) is 1. The van der Waals surface area contributed by atoms with Gasteiger partial charge in [-0.05, 0) is 12.3 Å². The molecule has 0 radical (unpaired) electrons. The number of nitrogen functional groups attached to an aromatic ring is 1. The van der Waals surface area contributed by atoms with E-state index in [1.54, 1.807) is 6.92 Å². The number of hydrogen-bond donors (Lipinski definition) is 2. The van der Waals surface area contributed by atoms with Gasteiger partial charge in [-0.1, -0.05) is 29.4 Å². The smallest absolute Gasteiger partial charge is 0.253 e. The SMILES string of the molecule is Cc1noc(CNC(=O)c2cnc(N)c3ccccc23)n1. The number of anilines is 1. The third-order valence-corrected chi connectivity index (χ3v) is 3.04. The molecule has 7 heteroatoms. The molecule has 21 heavy (non-hydrogen) atoms. The Morgan fingerprint density at radius 1 is 1.33 bits per heavy atom. The molecule has 1 amide bonds. The third-order valence-electron chi connectivity index (χ3n) is 3.04. The number of hydrogen-bond acceptors (Lipinski definition) is 6. The van der Waals surface area contributed by atoms with Crippen LogP contribution in [0.1, 0.15) is 22.1 Å². The molecule has 0 bridgehead atoms. The highest BCUT2D eigenvalue weighted by atomic mass is 16.5. The van der Waals surface area contributed by atoms with Gasteiger partial charge in [0.1, 0.15) is 5.82 Å². The van der Waals surface area contributed by atoms with Crippen LogP contribution in [0.5, 0.6) is 0 Å². The second kappa shape index (κ2) is 5.20. The van der Waals surface area contributed by atoms with Crippen LogP contribution >= 0.6 is 0 Å². The molecule has 1 aromatic carbocycles. The van der Waals surface area contributed by atoms with Gasteiger partial charge in [-0.3, -0.25) is 4.79 Å². The van der Waals surface area contributed by atoms with Crippen molar-refractivity contribution in [3.63, 3.8) is 0 Å². The lowest BCUT2D eigenvalue weighted by molar-refractivity contribution is 0.0947. The number of nitrogens with two attached hydrogens (primary N) is 1. The van der Waals surface area contributed by atoms with E-state index in [-0.39, 0.29) is 12.5 Å². The molecule has 3 N–H and O–H groups in total. The van der Waals surface area contributed by atoms with Gasteiger partial charge in [0, 0.05) is 11.6 Å². The quantitative estimate of drug-likeness (QED) is 0.753. The first kappa shape index (κ1) is 13.0. The van der Waals surface area contributed by atoms with E-state index in [1.807, 2.05) is 24.3 Å². The molecule has 0 aliphatic heterocycles. The Morgan fingerprint density at radius 3 is 2.81 bits per heavy atom. The normalized spacial score (nSPS) is 10.7. The molecule has 0 saturated carbocycles. The Bertz CT molecular complexity index is 812. The van der Waals surface area contributed by atoms with E-state index >= 15 is 0 Å². The van der Waals surface area contributed by atoms with E-state index in [0.717, 1.165) is 10.8 Å². The molecule has 0 aliphatic carbocycles. The van der Waals surface area contributed by atoms with Crippen molar-refractivity contribution in [2.24, 2.45) is 0 Å². The third kappa shape index (κ3) is 2.53. The maximum Gasteiger partial charge on any atom is 0.253 e. The first-order chi connectivity index (χ1) is 10.1. The van der Waals surface area contributed by atoms with Gasteiger partial charge >= 0.3 is 0 Å². The highest BCUT2D eigenvalue weighted by molar-refractivity contribution is 6.08. The highest BCUT2D eigenvalue weighted by Crippen LogP contribution is 2.22. The second-order valence-electron chi connectivity index (χ2n) is 4.52. The zero-order valence-electron chi connectivity index (χ0n) is 11.3. The number of fused-ring (bicyclic) bond motifs is 1. The monoisotopic (exact) mass is 283 g/mol. The average Bonchev–Trinajstić information content (AvgIpc) is 2.91. The number of pyridine rings is 1. The fourth-order valence-corrected chi connectivity index (χ4v) is 2.06. The number of rotatable bonds is 3. The highest BCUT2D eigenvalue weighted by Gasteiger charge is 2.13. The van der Waals surface area contributed by atoms with Gasteiger partial charge in [0.05, 0.1) is 12.1 Å². The van der Waals surface area contributed by atoms with E-state index in [4.69, 9.17) is 10.3 Å². The van der Waals surface area contributed by atoms with Gasteiger partial charge in [-0.25, -0.2) is 4.98 Å².